The average molecular weight is 1940 g/mol. The molecule has 0 heterocycles. The molecule has 0 aromatic heterocycles. The molecule has 3 nitrogen and oxygen atoms in total. The van der Waals surface area contributed by atoms with Gasteiger partial charge in [0.1, 0.15) is 17.2 Å². The zero-order chi connectivity index (χ0) is 91.6. The van der Waals surface area contributed by atoms with Gasteiger partial charge in [0.15, 0.2) is 0 Å². The molecule has 0 bridgehead atoms. The Balaban J connectivity index is 0.000000684. The van der Waals surface area contributed by atoms with Crippen LogP contribution in [0.5, 0.6) is 17.2 Å². The van der Waals surface area contributed by atoms with E-state index in [1.165, 1.54) is 32.0 Å². The van der Waals surface area contributed by atoms with Crippen molar-refractivity contribution in [1.29, 1.82) is 0 Å². The molecule has 660 valence electrons. The average Bonchev–Trinajstić information content (AvgIpc) is 0.794. The van der Waals surface area contributed by atoms with Gasteiger partial charge >= 0.3 is 74.3 Å². The van der Waals surface area contributed by atoms with Crippen LogP contribution in [-0.4, -0.2) is 31.0 Å². The molecule has 7 aromatic rings. The van der Waals surface area contributed by atoms with Crippen LogP contribution in [0.25, 0.3) is 0 Å². The molecule has 0 saturated carbocycles. The molecule has 117 heavy (non-hydrogen) atoms. The molecule has 0 spiro atoms. The van der Waals surface area contributed by atoms with Crippen LogP contribution in [0.2, 0.25) is 0 Å². The molecule has 0 radical (unpaired) electrons. The third kappa shape index (κ3) is 40.3. The first kappa shape index (κ1) is 108. The lowest BCUT2D eigenvalue weighted by molar-refractivity contribution is -0.274. The molecule has 0 aliphatic carbocycles. The molecule has 0 fully saturated rings. The molecule has 7 rings (SSSR count). The second kappa shape index (κ2) is 43.5. The molecule has 0 aliphatic rings. The van der Waals surface area contributed by atoms with E-state index in [9.17, 15) is 154 Å². The fourth-order valence-electron chi connectivity index (χ4n) is 8.81. The van der Waals surface area contributed by atoms with Crippen molar-refractivity contribution in [1.82, 2.24) is 0 Å². The second-order valence-corrected chi connectivity index (χ2v) is 30.2. The first-order valence-corrected chi connectivity index (χ1v) is 36.1. The van der Waals surface area contributed by atoms with Crippen LogP contribution in [0.4, 0.5) is 154 Å². The van der Waals surface area contributed by atoms with E-state index in [2.05, 4.69) is 30.1 Å². The van der Waals surface area contributed by atoms with Gasteiger partial charge in [-0.2, -0.15) is 132 Å². The SMILES string of the molecule is CC(C)c1cc(Br)cc(C(F)(F)F)c1.CC(C)c1cc(C(F)F)cc(C(F)(F)F)c1.CC(C)c1cc(I)cc(C(F)(F)F)c1.CC(C)c1cc(OC(F)(F)C(F)F)cc(C(F)(F)F)c1.CC(C)c1cc(OC(F)(F)F)cc(C(F)(F)F)c1.CC(C)c1cc(OC(F)F)cc(C(F)(F)F)c1.CC(C)c1cc(SC(F)(F)F)cc(C(F)(F)F)c1. The summed E-state index contributed by atoms with van der Waals surface area (Å²) in [5.41, 5.74) is -9.40. The quantitative estimate of drug-likeness (QED) is 0.0581. The van der Waals surface area contributed by atoms with Gasteiger partial charge in [-0.25, -0.2) is 8.78 Å². The van der Waals surface area contributed by atoms with E-state index in [4.69, 9.17) is 0 Å². The van der Waals surface area contributed by atoms with Crippen molar-refractivity contribution in [2.75, 3.05) is 0 Å². The van der Waals surface area contributed by atoms with E-state index >= 15 is 0 Å². The van der Waals surface area contributed by atoms with Crippen molar-refractivity contribution in [2.45, 2.75) is 224 Å². The number of halogens is 37. The lowest BCUT2D eigenvalue weighted by Crippen LogP contribution is -2.33. The van der Waals surface area contributed by atoms with Gasteiger partial charge in [-0.1, -0.05) is 113 Å². The monoisotopic (exact) mass is 1940 g/mol. The first-order chi connectivity index (χ1) is 52.4. The number of ether oxygens (including phenoxy) is 3. The van der Waals surface area contributed by atoms with Gasteiger partial charge in [-0.3, -0.25) is 0 Å². The van der Waals surface area contributed by atoms with E-state index in [0.29, 0.717) is 43.4 Å². The van der Waals surface area contributed by atoms with Crippen molar-refractivity contribution in [2.24, 2.45) is 0 Å². The van der Waals surface area contributed by atoms with Crippen LogP contribution in [0, 0.1) is 3.57 Å². The molecule has 7 aromatic carbocycles. The Hall–Kier alpha value is -6.95. The maximum Gasteiger partial charge on any atom is 0.573 e. The smallest absolute Gasteiger partial charge is 0.435 e. The predicted molar refractivity (Wildman–Crippen MR) is 381 cm³/mol. The summed E-state index contributed by atoms with van der Waals surface area (Å²) in [5.74, 6) is -3.55. The summed E-state index contributed by atoms with van der Waals surface area (Å²) in [7, 11) is 0. The highest BCUT2D eigenvalue weighted by molar-refractivity contribution is 14.1. The fourth-order valence-corrected chi connectivity index (χ4v) is 10.7. The van der Waals surface area contributed by atoms with E-state index in [0.717, 1.165) is 72.3 Å². The largest absolute Gasteiger partial charge is 0.573 e. The Bertz CT molecular complexity index is 4040. The van der Waals surface area contributed by atoms with Crippen LogP contribution >= 0.6 is 50.3 Å². The molecule has 0 amide bonds. The van der Waals surface area contributed by atoms with Crippen molar-refractivity contribution < 1.29 is 168 Å². The standard InChI is InChI=1S/C12H11F7O.C11H10F6O.C11H10F6S.C11H11F5O.C11H11F5.C10H10BrF3.C10H10F3I/c1-6(2)7-3-8(11(15,16)17)5-9(4-7)20-12(18,19)10(13)14;2*1-6(2)7-3-8(10(12,13)14)5-9(4-7)18-11(15,16)17;1-6(2)7-3-8(11(14,15)16)5-9(4-7)17-10(12)13;1-6(2)7-3-8(10(12)13)5-9(4-7)11(14,15)16;1-6(2)7-3-8(10(12,13)14)5-9(11)4-7;1-6(2)7-3-8(10(11,12)13)5-9(14)4-7/h3-6,10H,1-2H3;2*3-6H,1-2H3;3-6,10H,1-2H3;3-6,10H,1-2H3;2*3-6H,1-2H3. The van der Waals surface area contributed by atoms with Crippen molar-refractivity contribution in [3.63, 3.8) is 0 Å². The highest BCUT2D eigenvalue weighted by Crippen LogP contribution is 2.45. The zero-order valence-electron chi connectivity index (χ0n) is 63.0. The minimum absolute atomic E-state index is 0.0555. The van der Waals surface area contributed by atoms with Gasteiger partial charge < -0.3 is 14.2 Å². The number of hydrogen-bond acceptors (Lipinski definition) is 4. The van der Waals surface area contributed by atoms with Gasteiger partial charge in [0.2, 0.25) is 0 Å². The second-order valence-electron chi connectivity index (χ2n) is 26.9. The van der Waals surface area contributed by atoms with Crippen LogP contribution in [-0.2, 0) is 43.2 Å². The van der Waals surface area contributed by atoms with E-state index in [1.54, 1.807) is 67.5 Å². The Morgan fingerprint density at radius 3 is 0.838 bits per heavy atom. The van der Waals surface area contributed by atoms with Crippen LogP contribution < -0.4 is 14.2 Å². The minimum Gasteiger partial charge on any atom is -0.435 e. The highest BCUT2D eigenvalue weighted by atomic mass is 127. The molecule has 0 N–H and O–H groups in total. The number of thioether (sulfide) groups is 1. The van der Waals surface area contributed by atoms with E-state index in [-0.39, 0.29) is 63.8 Å². The molecule has 0 atom stereocenters. The molecular formula is C76H73BrF35IO3S. The van der Waals surface area contributed by atoms with Crippen LogP contribution in [0.3, 0.4) is 0 Å². The number of benzene rings is 7. The Kier molecular flexibility index (Phi) is 40.2. The summed E-state index contributed by atoms with van der Waals surface area (Å²) in [6, 6.07) is 19.9. The van der Waals surface area contributed by atoms with Crippen LogP contribution in [0.1, 0.15) is 228 Å². The maximum atomic E-state index is 12.7. The normalized spacial score (nSPS) is 12.7. The Morgan fingerprint density at radius 1 is 0.282 bits per heavy atom. The molecule has 0 aliphatic heterocycles. The van der Waals surface area contributed by atoms with E-state index in [1.807, 2.05) is 50.3 Å². The van der Waals surface area contributed by atoms with Gasteiger partial charge in [0.25, 0.3) is 6.43 Å². The first-order valence-electron chi connectivity index (χ1n) is 33.4. The topological polar surface area (TPSA) is 27.7 Å². The summed E-state index contributed by atoms with van der Waals surface area (Å²) >= 11 is 4.44. The van der Waals surface area contributed by atoms with Gasteiger partial charge in [0, 0.05) is 18.5 Å². The van der Waals surface area contributed by atoms with Gasteiger partial charge in [-0.15, -0.1) is 13.2 Å². The number of hydrogen-bond donors (Lipinski definition) is 0. The zero-order valence-corrected chi connectivity index (χ0v) is 67.6. The minimum atomic E-state index is -5.02. The lowest BCUT2D eigenvalue weighted by atomic mass is 9.97. The summed E-state index contributed by atoms with van der Waals surface area (Å²) in [4.78, 5) is -0.443. The Morgan fingerprint density at radius 2 is 0.538 bits per heavy atom. The predicted octanol–water partition coefficient (Wildman–Crippen LogP) is 33.5. The molecule has 0 saturated heterocycles. The third-order valence-electron chi connectivity index (χ3n) is 14.9. The summed E-state index contributed by atoms with van der Waals surface area (Å²) in [5, 5.41) is 0. The van der Waals surface area contributed by atoms with Crippen molar-refractivity contribution in [3.8, 4) is 17.2 Å². The summed E-state index contributed by atoms with van der Waals surface area (Å²) < 4.78 is 445. The Labute approximate surface area is 675 Å². The maximum absolute atomic E-state index is 12.7. The van der Waals surface area contributed by atoms with Crippen molar-refractivity contribution in [3.05, 3.63) is 219 Å². The van der Waals surface area contributed by atoms with Crippen molar-refractivity contribution >= 4 is 50.3 Å². The summed E-state index contributed by atoms with van der Waals surface area (Å²) in [6.45, 7) is 20.5. The van der Waals surface area contributed by atoms with E-state index < -0.39 is 165 Å². The molecular weight excluding hydrogens is 1860 g/mol. The highest BCUT2D eigenvalue weighted by Gasteiger charge is 2.45. The van der Waals surface area contributed by atoms with Gasteiger partial charge in [-0.05, 0) is 242 Å². The number of alkyl halides is 35. The fraction of sp³-hybridized carbons (Fsp3) is 0.447. The van der Waals surface area contributed by atoms with Crippen LogP contribution in [0.15, 0.2) is 137 Å². The third-order valence-corrected chi connectivity index (χ3v) is 16.7. The van der Waals surface area contributed by atoms with Gasteiger partial charge in [0.05, 0.1) is 38.9 Å². The number of rotatable bonds is 15. The molecule has 0 unspecified atom stereocenters. The summed E-state index contributed by atoms with van der Waals surface area (Å²) in [6.07, 6.45) is -48.7. The lowest BCUT2D eigenvalue weighted by Gasteiger charge is -2.19. The molecule has 41 heteroatoms.